The molecule has 1 aliphatic carbocycles. The summed E-state index contributed by atoms with van der Waals surface area (Å²) in [6.07, 6.45) is 2.83. The summed E-state index contributed by atoms with van der Waals surface area (Å²) >= 11 is 4.88. The van der Waals surface area contributed by atoms with E-state index in [9.17, 15) is 4.79 Å². The van der Waals surface area contributed by atoms with Gasteiger partial charge in [-0.05, 0) is 19.8 Å². The molecule has 18 heavy (non-hydrogen) atoms. The monoisotopic (exact) mass is 273 g/mol. The maximum atomic E-state index is 12.0. The number of carbonyl (C=O) groups is 1. The van der Waals surface area contributed by atoms with Gasteiger partial charge in [-0.25, -0.2) is 0 Å². The van der Waals surface area contributed by atoms with Crippen LogP contribution in [-0.4, -0.2) is 54.7 Å². The molecule has 5 nitrogen and oxygen atoms in total. The number of rotatable bonds is 9. The van der Waals surface area contributed by atoms with Crippen molar-refractivity contribution in [3.63, 3.8) is 0 Å². The number of nitrogens with two attached hydrogens (primary N) is 1. The molecule has 1 amide bonds. The molecule has 0 bridgehead atoms. The lowest BCUT2D eigenvalue weighted by Gasteiger charge is -2.27. The minimum Gasteiger partial charge on any atom is -0.393 e. The van der Waals surface area contributed by atoms with E-state index >= 15 is 0 Å². The van der Waals surface area contributed by atoms with Crippen LogP contribution < -0.4 is 11.1 Å². The number of hydrogen-bond donors (Lipinski definition) is 2. The van der Waals surface area contributed by atoms with E-state index in [0.717, 1.165) is 12.8 Å². The Hall–Kier alpha value is -0.720. The first kappa shape index (κ1) is 15.3. The fraction of sp³-hybridized carbons (Fsp3) is 0.833. The van der Waals surface area contributed by atoms with Crippen LogP contribution in [0.2, 0.25) is 0 Å². The van der Waals surface area contributed by atoms with Crippen LogP contribution in [0.1, 0.15) is 26.2 Å². The molecule has 0 aliphatic heterocycles. The van der Waals surface area contributed by atoms with Crippen molar-refractivity contribution in [2.24, 2.45) is 5.73 Å². The van der Waals surface area contributed by atoms with Gasteiger partial charge >= 0.3 is 0 Å². The summed E-state index contributed by atoms with van der Waals surface area (Å²) in [4.78, 5) is 14.5. The third-order valence-electron chi connectivity index (χ3n) is 3.08. The smallest absolute Gasteiger partial charge is 0.237 e. The Balaban J connectivity index is 2.43. The van der Waals surface area contributed by atoms with Gasteiger partial charge in [0.05, 0.1) is 17.6 Å². The molecule has 1 unspecified atom stereocenters. The molecule has 0 radical (unpaired) electrons. The maximum Gasteiger partial charge on any atom is 0.237 e. The topological polar surface area (TPSA) is 67.6 Å². The molecular formula is C12H23N3O2S. The molecule has 0 saturated heterocycles. The first-order chi connectivity index (χ1) is 8.54. The minimum absolute atomic E-state index is 0.0801. The molecule has 0 heterocycles. The SMILES string of the molecule is COCCN(CCC(N)=S)C(C)C(=O)NC1CC1. The second-order valence-corrected chi connectivity index (χ2v) is 5.23. The first-order valence-electron chi connectivity index (χ1n) is 6.36. The number of carbonyl (C=O) groups excluding carboxylic acids is 1. The summed E-state index contributed by atoms with van der Waals surface area (Å²) in [5.41, 5.74) is 5.51. The van der Waals surface area contributed by atoms with Crippen LogP contribution in [0.3, 0.4) is 0 Å². The van der Waals surface area contributed by atoms with Gasteiger partial charge in [-0.3, -0.25) is 9.69 Å². The quantitative estimate of drug-likeness (QED) is 0.591. The number of nitrogens with zero attached hydrogens (tertiary/aromatic N) is 1. The number of amides is 1. The van der Waals surface area contributed by atoms with E-state index in [2.05, 4.69) is 10.2 Å². The Bertz CT molecular complexity index is 295. The molecule has 1 rings (SSSR count). The average molecular weight is 273 g/mol. The number of thiocarbonyl (C=S) groups is 1. The second kappa shape index (κ2) is 7.66. The molecule has 0 aromatic rings. The Morgan fingerprint density at radius 3 is 2.72 bits per heavy atom. The van der Waals surface area contributed by atoms with E-state index in [1.165, 1.54) is 0 Å². The average Bonchev–Trinajstić information content (AvgIpc) is 3.12. The van der Waals surface area contributed by atoms with Crippen LogP contribution in [-0.2, 0) is 9.53 Å². The van der Waals surface area contributed by atoms with Crippen molar-refractivity contribution >= 4 is 23.1 Å². The van der Waals surface area contributed by atoms with Crippen LogP contribution in [0, 0.1) is 0 Å². The zero-order valence-electron chi connectivity index (χ0n) is 11.1. The Labute approximate surface area is 114 Å². The van der Waals surface area contributed by atoms with Gasteiger partial charge < -0.3 is 15.8 Å². The Morgan fingerprint density at radius 1 is 1.56 bits per heavy atom. The molecule has 1 saturated carbocycles. The molecule has 1 aliphatic rings. The largest absolute Gasteiger partial charge is 0.393 e. The van der Waals surface area contributed by atoms with Crippen molar-refractivity contribution in [1.82, 2.24) is 10.2 Å². The van der Waals surface area contributed by atoms with E-state index in [-0.39, 0.29) is 11.9 Å². The third-order valence-corrected chi connectivity index (χ3v) is 3.28. The van der Waals surface area contributed by atoms with Gasteiger partial charge in [-0.15, -0.1) is 0 Å². The van der Waals surface area contributed by atoms with Gasteiger partial charge in [0.15, 0.2) is 0 Å². The Kier molecular flexibility index (Phi) is 6.52. The normalized spacial score (nSPS) is 16.6. The van der Waals surface area contributed by atoms with Gasteiger partial charge in [0, 0.05) is 32.7 Å². The first-order valence-corrected chi connectivity index (χ1v) is 6.77. The molecule has 1 fully saturated rings. The predicted molar refractivity (Wildman–Crippen MR) is 75.5 cm³/mol. The van der Waals surface area contributed by atoms with Crippen molar-refractivity contribution in [3.05, 3.63) is 0 Å². The lowest BCUT2D eigenvalue weighted by Crippen LogP contribution is -2.47. The van der Waals surface area contributed by atoms with Crippen LogP contribution in [0.5, 0.6) is 0 Å². The summed E-state index contributed by atoms with van der Waals surface area (Å²) in [5, 5.41) is 3.01. The van der Waals surface area contributed by atoms with E-state index in [1.54, 1.807) is 7.11 Å². The van der Waals surface area contributed by atoms with Crippen molar-refractivity contribution in [2.45, 2.75) is 38.3 Å². The fourth-order valence-electron chi connectivity index (χ4n) is 1.68. The van der Waals surface area contributed by atoms with Gasteiger partial charge in [0.25, 0.3) is 0 Å². The fourth-order valence-corrected chi connectivity index (χ4v) is 1.77. The number of hydrogen-bond acceptors (Lipinski definition) is 4. The van der Waals surface area contributed by atoms with E-state index in [1.807, 2.05) is 6.92 Å². The highest BCUT2D eigenvalue weighted by atomic mass is 32.1. The highest BCUT2D eigenvalue weighted by molar-refractivity contribution is 7.80. The van der Waals surface area contributed by atoms with Crippen LogP contribution in [0.4, 0.5) is 0 Å². The van der Waals surface area contributed by atoms with Crippen LogP contribution in [0.15, 0.2) is 0 Å². The highest BCUT2D eigenvalue weighted by Crippen LogP contribution is 2.19. The summed E-state index contributed by atoms with van der Waals surface area (Å²) in [6.45, 7) is 3.90. The van der Waals surface area contributed by atoms with E-state index in [0.29, 0.717) is 37.1 Å². The molecule has 3 N–H and O–H groups in total. The van der Waals surface area contributed by atoms with Gasteiger partial charge in [0.1, 0.15) is 0 Å². The van der Waals surface area contributed by atoms with Crippen LogP contribution in [0.25, 0.3) is 0 Å². The number of nitrogens with one attached hydrogen (secondary N) is 1. The standard InChI is InChI=1S/C12H23N3O2S/c1-9(12(16)14-10-3-4-10)15(7-8-17-2)6-5-11(13)18/h9-10H,3-8H2,1-2H3,(H2,13,18)(H,14,16). The van der Waals surface area contributed by atoms with E-state index in [4.69, 9.17) is 22.7 Å². The number of ether oxygens (including phenoxy) is 1. The minimum atomic E-state index is -0.171. The van der Waals surface area contributed by atoms with Crippen molar-refractivity contribution in [2.75, 3.05) is 26.8 Å². The Morgan fingerprint density at radius 2 is 2.22 bits per heavy atom. The lowest BCUT2D eigenvalue weighted by atomic mass is 10.2. The van der Waals surface area contributed by atoms with Gasteiger partial charge in [-0.2, -0.15) is 0 Å². The van der Waals surface area contributed by atoms with Crippen LogP contribution >= 0.6 is 12.2 Å². The molecule has 1 atom stereocenters. The molecule has 6 heteroatoms. The number of methoxy groups -OCH3 is 1. The second-order valence-electron chi connectivity index (χ2n) is 4.70. The summed E-state index contributed by atoms with van der Waals surface area (Å²) in [5.74, 6) is 0.0801. The lowest BCUT2D eigenvalue weighted by molar-refractivity contribution is -0.126. The zero-order valence-corrected chi connectivity index (χ0v) is 12.0. The molecule has 0 aromatic heterocycles. The third kappa shape index (κ3) is 5.75. The summed E-state index contributed by atoms with van der Waals surface area (Å²) in [7, 11) is 1.65. The van der Waals surface area contributed by atoms with Gasteiger partial charge in [-0.1, -0.05) is 12.2 Å². The zero-order chi connectivity index (χ0) is 13.5. The summed E-state index contributed by atoms with van der Waals surface area (Å²) < 4.78 is 5.07. The maximum absolute atomic E-state index is 12.0. The van der Waals surface area contributed by atoms with Crippen molar-refractivity contribution in [1.29, 1.82) is 0 Å². The summed E-state index contributed by atoms with van der Waals surface area (Å²) in [6, 6.07) is 0.218. The molecular weight excluding hydrogens is 250 g/mol. The molecule has 0 spiro atoms. The van der Waals surface area contributed by atoms with Crippen molar-refractivity contribution in [3.8, 4) is 0 Å². The van der Waals surface area contributed by atoms with E-state index < -0.39 is 0 Å². The van der Waals surface area contributed by atoms with Crippen molar-refractivity contribution < 1.29 is 9.53 Å². The van der Waals surface area contributed by atoms with Gasteiger partial charge in [0.2, 0.25) is 5.91 Å². The molecule has 0 aromatic carbocycles. The predicted octanol–water partition coefficient (Wildman–Crippen LogP) is 0.278. The molecule has 104 valence electrons. The highest BCUT2D eigenvalue weighted by Gasteiger charge is 2.28.